The zero-order valence-electron chi connectivity index (χ0n) is 10.2. The van der Waals surface area contributed by atoms with Crippen molar-refractivity contribution in [1.29, 1.82) is 0 Å². The van der Waals surface area contributed by atoms with E-state index in [0.717, 1.165) is 0 Å². The van der Waals surface area contributed by atoms with Crippen LogP contribution in [-0.2, 0) is 4.79 Å². The minimum absolute atomic E-state index is 0.136. The number of amides is 1. The summed E-state index contributed by atoms with van der Waals surface area (Å²) in [7, 11) is 0. The molecule has 1 aromatic carbocycles. The molecule has 7 heteroatoms. The molecule has 2 heterocycles. The first kappa shape index (κ1) is 12.7. The summed E-state index contributed by atoms with van der Waals surface area (Å²) < 4.78 is 11.0. The number of halogens is 1. The van der Waals surface area contributed by atoms with E-state index in [1.807, 2.05) is 12.1 Å². The lowest BCUT2D eigenvalue weighted by atomic mass is 10.2. The van der Waals surface area contributed by atoms with Gasteiger partial charge in [0.05, 0.1) is 12.4 Å². The summed E-state index contributed by atoms with van der Waals surface area (Å²) in [6.45, 7) is 0.136. The predicted octanol–water partition coefficient (Wildman–Crippen LogP) is 1.91. The number of para-hydroxylation sites is 2. The second-order valence-electron chi connectivity index (χ2n) is 4.08. The van der Waals surface area contributed by atoms with E-state index in [2.05, 4.69) is 15.3 Å². The van der Waals surface area contributed by atoms with E-state index >= 15 is 0 Å². The lowest BCUT2D eigenvalue weighted by Crippen LogP contribution is -2.40. The number of ether oxygens (including phenoxy) is 2. The van der Waals surface area contributed by atoms with E-state index < -0.39 is 6.10 Å². The molecule has 0 saturated carbocycles. The topological polar surface area (TPSA) is 73.3 Å². The summed E-state index contributed by atoms with van der Waals surface area (Å²) in [5.74, 6) is 1.07. The zero-order chi connectivity index (χ0) is 13.9. The van der Waals surface area contributed by atoms with Crippen LogP contribution in [0.3, 0.4) is 0 Å². The molecule has 1 atom stereocenters. The molecule has 1 aliphatic heterocycles. The van der Waals surface area contributed by atoms with Gasteiger partial charge in [-0.15, -0.1) is 0 Å². The van der Waals surface area contributed by atoms with Gasteiger partial charge in [0.1, 0.15) is 11.8 Å². The molecule has 0 radical (unpaired) electrons. The van der Waals surface area contributed by atoms with E-state index in [4.69, 9.17) is 21.1 Å². The van der Waals surface area contributed by atoms with Crippen molar-refractivity contribution in [2.75, 3.05) is 11.9 Å². The molecule has 0 fully saturated rings. The van der Waals surface area contributed by atoms with Crippen LogP contribution in [0, 0.1) is 0 Å². The van der Waals surface area contributed by atoms with Crippen LogP contribution in [0.15, 0.2) is 36.7 Å². The summed E-state index contributed by atoms with van der Waals surface area (Å²) in [5, 5.41) is 2.78. The Kier molecular flexibility index (Phi) is 3.39. The molecular formula is C13H10ClN3O3. The molecule has 3 rings (SSSR count). The smallest absolute Gasteiger partial charge is 0.270 e. The van der Waals surface area contributed by atoms with Crippen LogP contribution >= 0.6 is 11.6 Å². The van der Waals surface area contributed by atoms with Crippen molar-refractivity contribution in [3.63, 3.8) is 0 Å². The molecule has 6 nitrogen and oxygen atoms in total. The highest BCUT2D eigenvalue weighted by Crippen LogP contribution is 2.31. The minimum atomic E-state index is -0.745. The Hall–Kier alpha value is -2.34. The van der Waals surface area contributed by atoms with Crippen LogP contribution in [0.25, 0.3) is 0 Å². The second-order valence-corrected chi connectivity index (χ2v) is 4.47. The average molecular weight is 292 g/mol. The molecule has 0 spiro atoms. The highest BCUT2D eigenvalue weighted by Gasteiger charge is 2.27. The number of carbonyl (C=O) groups excluding carboxylic acids is 1. The number of hydrogen-bond donors (Lipinski definition) is 1. The average Bonchev–Trinajstić information content (AvgIpc) is 2.47. The van der Waals surface area contributed by atoms with Gasteiger partial charge in [-0.25, -0.2) is 4.98 Å². The maximum atomic E-state index is 12.1. The van der Waals surface area contributed by atoms with Gasteiger partial charge in [0, 0.05) is 0 Å². The Morgan fingerprint density at radius 3 is 2.90 bits per heavy atom. The number of nitrogens with zero attached hydrogens (tertiary/aromatic N) is 2. The van der Waals surface area contributed by atoms with Gasteiger partial charge in [-0.1, -0.05) is 23.7 Å². The Labute approximate surface area is 119 Å². The molecule has 1 aliphatic rings. The third kappa shape index (κ3) is 2.65. The van der Waals surface area contributed by atoms with Crippen molar-refractivity contribution in [3.8, 4) is 11.5 Å². The molecular weight excluding hydrogens is 282 g/mol. The molecule has 1 amide bonds. The van der Waals surface area contributed by atoms with Gasteiger partial charge in [0.15, 0.2) is 17.3 Å². The Morgan fingerprint density at radius 2 is 2.10 bits per heavy atom. The van der Waals surface area contributed by atoms with E-state index in [9.17, 15) is 4.79 Å². The van der Waals surface area contributed by atoms with Crippen LogP contribution < -0.4 is 14.8 Å². The number of anilines is 1. The van der Waals surface area contributed by atoms with Crippen molar-refractivity contribution in [3.05, 3.63) is 41.8 Å². The van der Waals surface area contributed by atoms with Crippen molar-refractivity contribution in [2.45, 2.75) is 6.10 Å². The first-order valence-corrected chi connectivity index (χ1v) is 6.27. The normalized spacial score (nSPS) is 16.6. The van der Waals surface area contributed by atoms with Gasteiger partial charge in [-0.2, -0.15) is 0 Å². The largest absolute Gasteiger partial charge is 0.485 e. The van der Waals surface area contributed by atoms with Crippen LogP contribution in [0.1, 0.15) is 0 Å². The summed E-state index contributed by atoms with van der Waals surface area (Å²) in [6.07, 6.45) is 2.04. The molecule has 2 aromatic rings. The monoisotopic (exact) mass is 291 g/mol. The number of carbonyl (C=O) groups is 1. The lowest BCUT2D eigenvalue weighted by Gasteiger charge is -2.25. The van der Waals surface area contributed by atoms with Crippen LogP contribution in [0.2, 0.25) is 5.15 Å². The molecule has 20 heavy (non-hydrogen) atoms. The van der Waals surface area contributed by atoms with Gasteiger partial charge < -0.3 is 14.8 Å². The standard InChI is InChI=1S/C13H10ClN3O3/c14-11-5-15-6-12(16-11)17-13(18)10-7-19-8-3-1-2-4-9(8)20-10/h1-6,10H,7H2,(H,16,17,18). The molecule has 102 valence electrons. The summed E-state index contributed by atoms with van der Waals surface area (Å²) >= 11 is 5.70. The third-order valence-electron chi connectivity index (χ3n) is 2.66. The number of aromatic nitrogens is 2. The van der Waals surface area contributed by atoms with E-state index in [1.165, 1.54) is 12.4 Å². The second kappa shape index (κ2) is 5.34. The van der Waals surface area contributed by atoms with Gasteiger partial charge in [-0.3, -0.25) is 9.78 Å². The van der Waals surface area contributed by atoms with Gasteiger partial charge in [0.25, 0.3) is 5.91 Å². The van der Waals surface area contributed by atoms with Gasteiger partial charge in [0.2, 0.25) is 6.10 Å². The fourth-order valence-electron chi connectivity index (χ4n) is 1.76. The summed E-state index contributed by atoms with van der Waals surface area (Å²) in [4.78, 5) is 19.8. The fraction of sp³-hybridized carbons (Fsp3) is 0.154. The van der Waals surface area contributed by atoms with Crippen molar-refractivity contribution >= 4 is 23.3 Å². The van der Waals surface area contributed by atoms with Crippen LogP contribution in [-0.4, -0.2) is 28.6 Å². The minimum Gasteiger partial charge on any atom is -0.485 e. The van der Waals surface area contributed by atoms with Crippen molar-refractivity contribution < 1.29 is 14.3 Å². The zero-order valence-corrected chi connectivity index (χ0v) is 11.0. The Bertz CT molecular complexity index is 650. The van der Waals surface area contributed by atoms with Crippen molar-refractivity contribution in [2.24, 2.45) is 0 Å². The highest BCUT2D eigenvalue weighted by molar-refractivity contribution is 6.29. The molecule has 0 aliphatic carbocycles. The van der Waals surface area contributed by atoms with E-state index in [1.54, 1.807) is 12.1 Å². The quantitative estimate of drug-likeness (QED) is 0.915. The third-order valence-corrected chi connectivity index (χ3v) is 2.84. The highest BCUT2D eigenvalue weighted by atomic mass is 35.5. The fourth-order valence-corrected chi connectivity index (χ4v) is 1.91. The molecule has 1 unspecified atom stereocenters. The molecule has 1 aromatic heterocycles. The van der Waals surface area contributed by atoms with Gasteiger partial charge >= 0.3 is 0 Å². The number of benzene rings is 1. The molecule has 1 N–H and O–H groups in total. The predicted molar refractivity (Wildman–Crippen MR) is 72.0 cm³/mol. The number of nitrogens with one attached hydrogen (secondary N) is 1. The number of hydrogen-bond acceptors (Lipinski definition) is 5. The first-order chi connectivity index (χ1) is 9.72. The van der Waals surface area contributed by atoms with Crippen LogP contribution in [0.4, 0.5) is 5.82 Å². The van der Waals surface area contributed by atoms with Crippen LogP contribution in [0.5, 0.6) is 11.5 Å². The Balaban J connectivity index is 1.70. The first-order valence-electron chi connectivity index (χ1n) is 5.89. The summed E-state index contributed by atoms with van der Waals surface area (Å²) in [6, 6.07) is 7.18. The molecule has 0 bridgehead atoms. The lowest BCUT2D eigenvalue weighted by molar-refractivity contribution is -0.125. The van der Waals surface area contributed by atoms with Crippen molar-refractivity contribution in [1.82, 2.24) is 9.97 Å². The summed E-state index contributed by atoms with van der Waals surface area (Å²) in [5.41, 5.74) is 0. The van der Waals surface area contributed by atoms with E-state index in [0.29, 0.717) is 11.5 Å². The maximum absolute atomic E-state index is 12.1. The maximum Gasteiger partial charge on any atom is 0.270 e. The van der Waals surface area contributed by atoms with Gasteiger partial charge in [-0.05, 0) is 12.1 Å². The number of fused-ring (bicyclic) bond motifs is 1. The SMILES string of the molecule is O=C(Nc1cncc(Cl)n1)C1COc2ccccc2O1. The number of rotatable bonds is 2. The Morgan fingerprint density at radius 1 is 1.30 bits per heavy atom. The van der Waals surface area contributed by atoms with E-state index in [-0.39, 0.29) is 23.5 Å². The molecule has 0 saturated heterocycles.